The van der Waals surface area contributed by atoms with Crippen LogP contribution in [0.1, 0.15) is 40.5 Å². The summed E-state index contributed by atoms with van der Waals surface area (Å²) in [7, 11) is 0. The molecule has 0 aromatic rings. The van der Waals surface area contributed by atoms with Gasteiger partial charge in [-0.3, -0.25) is 4.79 Å². The molecule has 84 valence electrons. The minimum Gasteiger partial charge on any atom is -0.391 e. The number of aliphatic hydroxyl groups excluding tert-OH is 1. The zero-order chi connectivity index (χ0) is 11.3. The smallest absolute Gasteiger partial charge is 0.138 e. The van der Waals surface area contributed by atoms with Gasteiger partial charge in [0.2, 0.25) is 0 Å². The summed E-state index contributed by atoms with van der Waals surface area (Å²) in [4.78, 5) is 11.3. The molecule has 0 aliphatic rings. The molecule has 0 unspecified atom stereocenters. The van der Waals surface area contributed by atoms with Gasteiger partial charge < -0.3 is 10.8 Å². The fourth-order valence-electron chi connectivity index (χ4n) is 1.29. The molecular formula is C11H23NO2. The van der Waals surface area contributed by atoms with Crippen LogP contribution in [-0.2, 0) is 4.79 Å². The van der Waals surface area contributed by atoms with Crippen LogP contribution in [0.25, 0.3) is 0 Å². The van der Waals surface area contributed by atoms with Gasteiger partial charge in [-0.2, -0.15) is 0 Å². The molecule has 3 N–H and O–H groups in total. The van der Waals surface area contributed by atoms with Crippen LogP contribution >= 0.6 is 0 Å². The van der Waals surface area contributed by atoms with Gasteiger partial charge in [0.05, 0.1) is 6.10 Å². The molecule has 0 aromatic heterocycles. The third-order valence-corrected chi connectivity index (χ3v) is 2.29. The maximum atomic E-state index is 11.3. The highest BCUT2D eigenvalue weighted by Gasteiger charge is 2.20. The molecule has 0 heterocycles. The van der Waals surface area contributed by atoms with E-state index >= 15 is 0 Å². The summed E-state index contributed by atoms with van der Waals surface area (Å²) in [6.45, 7) is 7.78. The first-order valence-electron chi connectivity index (χ1n) is 5.31. The van der Waals surface area contributed by atoms with Crippen LogP contribution in [0.2, 0.25) is 0 Å². The maximum absolute atomic E-state index is 11.3. The predicted molar refractivity (Wildman–Crippen MR) is 57.9 cm³/mol. The van der Waals surface area contributed by atoms with Gasteiger partial charge in [0.1, 0.15) is 5.78 Å². The molecule has 0 aliphatic heterocycles. The highest BCUT2D eigenvalue weighted by Crippen LogP contribution is 2.11. The van der Waals surface area contributed by atoms with Gasteiger partial charge >= 0.3 is 0 Å². The monoisotopic (exact) mass is 201 g/mol. The van der Waals surface area contributed by atoms with E-state index in [1.165, 1.54) is 0 Å². The molecule has 0 aromatic carbocycles. The Bertz CT molecular complexity index is 178. The summed E-state index contributed by atoms with van der Waals surface area (Å²) < 4.78 is 0. The molecule has 14 heavy (non-hydrogen) atoms. The highest BCUT2D eigenvalue weighted by atomic mass is 16.3. The lowest BCUT2D eigenvalue weighted by molar-refractivity contribution is -0.124. The number of aliphatic hydroxyl groups is 1. The summed E-state index contributed by atoms with van der Waals surface area (Å²) in [5, 5.41) is 9.64. The van der Waals surface area contributed by atoms with Crippen molar-refractivity contribution in [3.63, 3.8) is 0 Å². The zero-order valence-electron chi connectivity index (χ0n) is 9.66. The number of hydrogen-bond acceptors (Lipinski definition) is 3. The average Bonchev–Trinajstić information content (AvgIpc) is 2.02. The standard InChI is InChI=1S/C11H23NO2/c1-7(2)5-9(12)11(14)6-10(13)8(3)4/h7-9,11,14H,5-6,12H2,1-4H3/t9-,11-/m0/s1. The molecule has 0 fully saturated rings. The Morgan fingerprint density at radius 3 is 2.14 bits per heavy atom. The first-order valence-corrected chi connectivity index (χ1v) is 5.31. The van der Waals surface area contributed by atoms with Gasteiger partial charge in [-0.05, 0) is 12.3 Å². The van der Waals surface area contributed by atoms with Gasteiger partial charge in [-0.15, -0.1) is 0 Å². The number of carbonyl (C=O) groups excluding carboxylic acids is 1. The molecule has 0 saturated heterocycles. The van der Waals surface area contributed by atoms with Crippen LogP contribution in [0.5, 0.6) is 0 Å². The Kier molecular flexibility index (Phi) is 5.96. The van der Waals surface area contributed by atoms with Crippen molar-refractivity contribution >= 4 is 5.78 Å². The van der Waals surface area contributed by atoms with Crippen molar-refractivity contribution in [1.29, 1.82) is 0 Å². The zero-order valence-corrected chi connectivity index (χ0v) is 9.66. The van der Waals surface area contributed by atoms with Gasteiger partial charge in [-0.1, -0.05) is 27.7 Å². The fourth-order valence-corrected chi connectivity index (χ4v) is 1.29. The van der Waals surface area contributed by atoms with E-state index in [9.17, 15) is 9.90 Å². The maximum Gasteiger partial charge on any atom is 0.138 e. The number of Topliss-reactive ketones (excluding diaryl/α,β-unsaturated/α-hetero) is 1. The van der Waals surface area contributed by atoms with E-state index < -0.39 is 6.10 Å². The van der Waals surface area contributed by atoms with E-state index in [0.29, 0.717) is 5.92 Å². The predicted octanol–water partition coefficient (Wildman–Crippen LogP) is 1.34. The molecule has 0 radical (unpaired) electrons. The number of nitrogens with two attached hydrogens (primary N) is 1. The minimum absolute atomic E-state index is 0.0177. The van der Waals surface area contributed by atoms with Crippen molar-refractivity contribution in [3.8, 4) is 0 Å². The van der Waals surface area contributed by atoms with E-state index in [0.717, 1.165) is 6.42 Å². The quantitative estimate of drug-likeness (QED) is 0.681. The molecular weight excluding hydrogens is 178 g/mol. The van der Waals surface area contributed by atoms with Gasteiger partial charge in [0.25, 0.3) is 0 Å². The third-order valence-electron chi connectivity index (χ3n) is 2.29. The summed E-state index contributed by atoms with van der Waals surface area (Å²) in [5.74, 6) is 0.515. The van der Waals surface area contributed by atoms with Crippen LogP contribution < -0.4 is 5.73 Å². The molecule has 3 heteroatoms. The molecule has 2 atom stereocenters. The van der Waals surface area contributed by atoms with Crippen molar-refractivity contribution in [3.05, 3.63) is 0 Å². The third kappa shape index (κ3) is 5.35. The molecule has 0 saturated carbocycles. The van der Waals surface area contributed by atoms with E-state index in [2.05, 4.69) is 13.8 Å². The fraction of sp³-hybridized carbons (Fsp3) is 0.909. The molecule has 0 amide bonds. The van der Waals surface area contributed by atoms with Crippen LogP contribution in [0.15, 0.2) is 0 Å². The second kappa shape index (κ2) is 6.14. The Labute approximate surface area is 86.7 Å². The Hall–Kier alpha value is -0.410. The van der Waals surface area contributed by atoms with Gasteiger partial charge in [0.15, 0.2) is 0 Å². The average molecular weight is 201 g/mol. The van der Waals surface area contributed by atoms with Crippen LogP contribution in [-0.4, -0.2) is 23.0 Å². The van der Waals surface area contributed by atoms with Crippen molar-refractivity contribution in [2.45, 2.75) is 52.7 Å². The number of carbonyl (C=O) groups is 1. The first-order chi connectivity index (χ1) is 6.34. The summed E-state index contributed by atoms with van der Waals surface area (Å²) in [5.41, 5.74) is 5.76. The van der Waals surface area contributed by atoms with Crippen molar-refractivity contribution in [2.24, 2.45) is 17.6 Å². The second-order valence-corrected chi connectivity index (χ2v) is 4.69. The second-order valence-electron chi connectivity index (χ2n) is 4.69. The van der Waals surface area contributed by atoms with Crippen molar-refractivity contribution in [1.82, 2.24) is 0 Å². The normalized spacial score (nSPS) is 16.0. The highest BCUT2D eigenvalue weighted by molar-refractivity contribution is 5.80. The van der Waals surface area contributed by atoms with Crippen molar-refractivity contribution < 1.29 is 9.90 Å². The van der Waals surface area contributed by atoms with Gasteiger partial charge in [0, 0.05) is 18.4 Å². The van der Waals surface area contributed by atoms with Crippen LogP contribution in [0.4, 0.5) is 0 Å². The number of rotatable bonds is 6. The van der Waals surface area contributed by atoms with E-state index in [1.807, 2.05) is 13.8 Å². The number of hydrogen-bond donors (Lipinski definition) is 2. The largest absolute Gasteiger partial charge is 0.391 e. The molecule has 0 aliphatic carbocycles. The minimum atomic E-state index is -0.688. The SMILES string of the molecule is CC(C)C[C@H](N)[C@@H](O)CC(=O)C(C)C. The van der Waals surface area contributed by atoms with Crippen LogP contribution in [0.3, 0.4) is 0 Å². The van der Waals surface area contributed by atoms with E-state index in [1.54, 1.807) is 0 Å². The topological polar surface area (TPSA) is 63.3 Å². The Morgan fingerprint density at radius 2 is 1.79 bits per heavy atom. The van der Waals surface area contributed by atoms with E-state index in [4.69, 9.17) is 5.73 Å². The Morgan fingerprint density at radius 1 is 1.29 bits per heavy atom. The summed E-state index contributed by atoms with van der Waals surface area (Å²) >= 11 is 0. The lowest BCUT2D eigenvalue weighted by Gasteiger charge is -2.20. The van der Waals surface area contributed by atoms with E-state index in [-0.39, 0.29) is 24.2 Å². The summed E-state index contributed by atoms with van der Waals surface area (Å²) in [6.07, 6.45) is 0.255. The lowest BCUT2D eigenvalue weighted by atomic mass is 9.94. The van der Waals surface area contributed by atoms with Crippen LogP contribution in [0, 0.1) is 11.8 Å². The van der Waals surface area contributed by atoms with Crippen molar-refractivity contribution in [2.75, 3.05) is 0 Å². The molecule has 0 rings (SSSR count). The molecule has 0 spiro atoms. The molecule has 0 bridgehead atoms. The molecule has 3 nitrogen and oxygen atoms in total. The lowest BCUT2D eigenvalue weighted by Crippen LogP contribution is -2.37. The summed E-state index contributed by atoms with van der Waals surface area (Å²) in [6, 6.07) is -0.280. The Balaban J connectivity index is 3.94. The van der Waals surface area contributed by atoms with Gasteiger partial charge in [-0.25, -0.2) is 0 Å². The number of ketones is 1. The first kappa shape index (κ1) is 13.6.